The van der Waals surface area contributed by atoms with E-state index in [9.17, 15) is 0 Å². The van der Waals surface area contributed by atoms with Crippen LogP contribution in [0, 0.1) is 0 Å². The first kappa shape index (κ1) is 30.0. The summed E-state index contributed by atoms with van der Waals surface area (Å²) in [5, 5.41) is 5.98. The van der Waals surface area contributed by atoms with Crippen LogP contribution in [-0.2, 0) is 15.4 Å². The molecule has 0 amide bonds. The fraction of sp³-hybridized carbons (Fsp3) is 0.143. The fourth-order valence-corrected chi connectivity index (χ4v) is 11.1. The van der Waals surface area contributed by atoms with E-state index in [-0.39, 0.29) is 5.41 Å². The molecule has 1 heterocycles. The van der Waals surface area contributed by atoms with Crippen molar-refractivity contribution in [1.29, 1.82) is 0 Å². The Hall–Kier alpha value is -4.69. The third-order valence-corrected chi connectivity index (χ3v) is 13.7. The van der Waals surface area contributed by atoms with Crippen molar-refractivity contribution in [1.82, 2.24) is 0 Å². The van der Waals surface area contributed by atoms with Crippen molar-refractivity contribution in [3.63, 3.8) is 0 Å². The molecule has 0 unspecified atom stereocenters. The van der Waals surface area contributed by atoms with Gasteiger partial charge in [-0.05, 0) is 0 Å². The zero-order valence-corrected chi connectivity index (χ0v) is 27.7. The van der Waals surface area contributed by atoms with E-state index in [1.54, 1.807) is 7.11 Å². The molecule has 1 aliphatic rings. The third kappa shape index (κ3) is 4.49. The van der Waals surface area contributed by atoms with Crippen molar-refractivity contribution in [2.75, 3.05) is 12.2 Å². The van der Waals surface area contributed by atoms with E-state index in [4.69, 9.17) is 9.05 Å². The van der Waals surface area contributed by atoms with Crippen LogP contribution in [0.4, 0.5) is 5.69 Å². The van der Waals surface area contributed by atoms with Crippen LogP contribution in [0.1, 0.15) is 48.6 Å². The molecule has 7 rings (SSSR count). The second-order valence-electron chi connectivity index (χ2n) is 13.0. The average molecular weight is 623 g/mol. The topological polar surface area (TPSA) is 30.5 Å². The molecule has 0 aliphatic carbocycles. The maximum atomic E-state index is 7.44. The van der Waals surface area contributed by atoms with Crippen LogP contribution in [0.3, 0.4) is 0 Å². The molecule has 1 N–H and O–H groups in total. The van der Waals surface area contributed by atoms with Crippen molar-refractivity contribution in [2.24, 2.45) is 0 Å². The monoisotopic (exact) mass is 622 g/mol. The van der Waals surface area contributed by atoms with Gasteiger partial charge >= 0.3 is 274 Å². The first-order valence-electron chi connectivity index (χ1n) is 15.9. The third-order valence-electron chi connectivity index (χ3n) is 9.34. The Balaban J connectivity index is 1.59. The molecule has 230 valence electrons. The summed E-state index contributed by atoms with van der Waals surface area (Å²) in [5.41, 5.74) is 5.95. The van der Waals surface area contributed by atoms with Crippen LogP contribution in [0.2, 0.25) is 0 Å². The summed E-state index contributed by atoms with van der Waals surface area (Å²) < 4.78 is 14.2. The van der Waals surface area contributed by atoms with E-state index in [0.717, 1.165) is 33.2 Å². The molecule has 6 aromatic rings. The minimum absolute atomic E-state index is 0.247. The van der Waals surface area contributed by atoms with E-state index < -0.39 is 12.6 Å². The molecule has 0 fully saturated rings. The van der Waals surface area contributed by atoms with Gasteiger partial charge in [0, 0.05) is 0 Å². The predicted molar refractivity (Wildman–Crippen MR) is 194 cm³/mol. The Morgan fingerprint density at radius 1 is 0.522 bits per heavy atom. The van der Waals surface area contributed by atoms with Crippen molar-refractivity contribution in [3.05, 3.63) is 192 Å². The summed E-state index contributed by atoms with van der Waals surface area (Å²) in [6.07, 6.45) is 0. The molecule has 46 heavy (non-hydrogen) atoms. The number of anilines is 1. The Morgan fingerprint density at radius 3 is 1.28 bits per heavy atom. The van der Waals surface area contributed by atoms with Crippen LogP contribution in [0.5, 0.6) is 5.75 Å². The summed E-state index contributed by atoms with van der Waals surface area (Å²) in [7, 11) is -2.14. The second kappa shape index (κ2) is 11.3. The van der Waals surface area contributed by atoms with Crippen molar-refractivity contribution in [3.8, 4) is 5.75 Å². The zero-order valence-electron chi connectivity index (χ0n) is 26.9. The first-order valence-corrected chi connectivity index (χ1v) is 17.9. The van der Waals surface area contributed by atoms with Crippen LogP contribution in [0.25, 0.3) is 0 Å². The summed E-state index contributed by atoms with van der Waals surface area (Å²) >= 11 is 0. The van der Waals surface area contributed by atoms with E-state index in [1.807, 2.05) is 12.1 Å². The van der Waals surface area contributed by atoms with Crippen molar-refractivity contribution in [2.45, 2.75) is 31.6 Å². The van der Waals surface area contributed by atoms with Gasteiger partial charge in [-0.15, -0.1) is 0 Å². The van der Waals surface area contributed by atoms with Crippen molar-refractivity contribution >= 4 is 23.5 Å². The van der Waals surface area contributed by atoms with Crippen LogP contribution < -0.4 is 20.2 Å². The number of benzene rings is 6. The van der Waals surface area contributed by atoms with Gasteiger partial charge in [-0.25, -0.2) is 0 Å². The summed E-state index contributed by atoms with van der Waals surface area (Å²) in [4.78, 5) is 0. The molecule has 4 heteroatoms. The molecular weight excluding hydrogens is 582 g/mol. The molecule has 0 radical (unpaired) electrons. The Labute approximate surface area is 273 Å². The quantitative estimate of drug-likeness (QED) is 0.109. The number of hydrogen-bond donors (Lipinski definition) is 1. The van der Waals surface area contributed by atoms with Gasteiger partial charge in [-0.1, -0.05) is 0 Å². The van der Waals surface area contributed by atoms with Gasteiger partial charge in [0.15, 0.2) is 0 Å². The molecule has 0 spiro atoms. The second-order valence-corrected chi connectivity index (χ2v) is 16.7. The SMILES string of the molecule is COP1(c2ccccc2)(c2ccccc2)[15NH]c2cc(C(c3ccccc3)(c3ccccc3)c3ccccc3)cc(C(C)(C)C)c2O1. The van der Waals surface area contributed by atoms with Crippen LogP contribution in [-0.4, -0.2) is 7.11 Å². The predicted octanol–water partition coefficient (Wildman–Crippen LogP) is 9.77. The molecule has 0 bridgehead atoms. The average Bonchev–Trinajstić information content (AvgIpc) is 3.48. The van der Waals surface area contributed by atoms with Gasteiger partial charge in [0.25, 0.3) is 0 Å². The minimum atomic E-state index is -3.91. The molecule has 0 atom stereocenters. The van der Waals surface area contributed by atoms with Gasteiger partial charge < -0.3 is 0 Å². The van der Waals surface area contributed by atoms with Crippen LogP contribution in [0.15, 0.2) is 164 Å². The molecular formula is C42H40NO2P. The standard InChI is InChI=1S/C42H40NO2P/c1-41(2,3)38-30-35(42(32-20-10-5-11-21-32,33-22-12-6-13-23-33)34-24-14-7-15-25-34)31-39-40(38)45-46(43-39,44-4,36-26-16-8-17-27-36)37-28-18-9-19-29-37/h5-31,43H,1-4H3/i43+1. The summed E-state index contributed by atoms with van der Waals surface area (Å²) in [6.45, 7) is 6.78. The van der Waals surface area contributed by atoms with E-state index in [0.29, 0.717) is 0 Å². The number of rotatable bonds is 7. The normalized spacial score (nSPS) is 15.9. The Bertz CT molecular complexity index is 1820. The van der Waals surface area contributed by atoms with E-state index >= 15 is 0 Å². The fourth-order valence-electron chi connectivity index (χ4n) is 7.14. The van der Waals surface area contributed by atoms with Gasteiger partial charge in [-0.3, -0.25) is 0 Å². The van der Waals surface area contributed by atoms with Crippen molar-refractivity contribution < 1.29 is 9.05 Å². The molecule has 1 aliphatic heterocycles. The summed E-state index contributed by atoms with van der Waals surface area (Å²) in [5.74, 6) is 0.839. The maximum absolute atomic E-state index is 7.44. The number of hydrogen-bond acceptors (Lipinski definition) is 3. The summed E-state index contributed by atoms with van der Waals surface area (Å²) in [6, 6.07) is 58.0. The number of nitrogens with one attached hydrogen (secondary N) is 1. The van der Waals surface area contributed by atoms with Crippen LogP contribution >= 0.6 is 7.21 Å². The van der Waals surface area contributed by atoms with Gasteiger partial charge in [0.05, 0.1) is 0 Å². The Morgan fingerprint density at radius 2 is 0.913 bits per heavy atom. The molecule has 0 saturated heterocycles. The zero-order chi connectivity index (χ0) is 31.9. The van der Waals surface area contributed by atoms with E-state index in [1.165, 1.54) is 16.7 Å². The molecule has 0 aromatic heterocycles. The van der Waals surface area contributed by atoms with E-state index in [2.05, 4.69) is 178 Å². The van der Waals surface area contributed by atoms with Gasteiger partial charge in [-0.2, -0.15) is 0 Å². The van der Waals surface area contributed by atoms with Gasteiger partial charge in [0.1, 0.15) is 0 Å². The Kier molecular flexibility index (Phi) is 7.35. The first-order chi connectivity index (χ1) is 22.3. The number of fused-ring (bicyclic) bond motifs is 1. The molecule has 3 nitrogen and oxygen atoms in total. The molecule has 0 saturated carbocycles. The molecule has 6 aromatic carbocycles. The van der Waals surface area contributed by atoms with Gasteiger partial charge in [0.2, 0.25) is 0 Å².